The lowest BCUT2D eigenvalue weighted by molar-refractivity contribution is -0.141. The summed E-state index contributed by atoms with van der Waals surface area (Å²) >= 11 is 0. The Morgan fingerprint density at radius 2 is 1.95 bits per heavy atom. The number of methoxy groups -OCH3 is 1. The van der Waals surface area contributed by atoms with E-state index in [4.69, 9.17) is 4.74 Å². The molecule has 0 aliphatic heterocycles. The third-order valence-corrected chi connectivity index (χ3v) is 2.67. The first-order valence-electron chi connectivity index (χ1n) is 6.19. The molecule has 104 valence electrons. The maximum Gasteiger partial charge on any atom is 0.407 e. The van der Waals surface area contributed by atoms with Crippen molar-refractivity contribution in [3.05, 3.63) is 35.9 Å². The van der Waals surface area contributed by atoms with Crippen molar-refractivity contribution in [3.8, 4) is 0 Å². The lowest BCUT2D eigenvalue weighted by Gasteiger charge is -2.15. The van der Waals surface area contributed by atoms with Crippen LogP contribution in [0.2, 0.25) is 0 Å². The van der Waals surface area contributed by atoms with Gasteiger partial charge in [-0.1, -0.05) is 37.3 Å². The second kappa shape index (κ2) is 8.13. The summed E-state index contributed by atoms with van der Waals surface area (Å²) in [5.74, 6) is -0.352. The molecule has 0 spiro atoms. The lowest BCUT2D eigenvalue weighted by atomic mass is 10.1. The number of rotatable bonds is 6. The van der Waals surface area contributed by atoms with Gasteiger partial charge >= 0.3 is 12.1 Å². The van der Waals surface area contributed by atoms with Crippen LogP contribution in [0.4, 0.5) is 4.79 Å². The number of carbonyl (C=O) groups excluding carboxylic acids is 2. The second-order valence-corrected chi connectivity index (χ2v) is 4.09. The summed E-state index contributed by atoms with van der Waals surface area (Å²) in [6, 6.07) is 9.13. The van der Waals surface area contributed by atoms with Crippen LogP contribution in [0.15, 0.2) is 30.3 Å². The van der Waals surface area contributed by atoms with Crippen LogP contribution in [-0.2, 0) is 20.9 Å². The van der Waals surface area contributed by atoms with Gasteiger partial charge in [-0.2, -0.15) is 0 Å². The zero-order valence-electron chi connectivity index (χ0n) is 11.2. The van der Waals surface area contributed by atoms with Crippen LogP contribution in [0.25, 0.3) is 0 Å². The normalized spacial score (nSPS) is 11.5. The summed E-state index contributed by atoms with van der Waals surface area (Å²) in [6.07, 6.45) is 0.253. The molecule has 19 heavy (non-hydrogen) atoms. The molecule has 0 aromatic heterocycles. The van der Waals surface area contributed by atoms with E-state index in [2.05, 4.69) is 10.1 Å². The molecule has 1 rings (SSSR count). The molecule has 1 amide bonds. The van der Waals surface area contributed by atoms with E-state index in [1.807, 2.05) is 37.3 Å². The van der Waals surface area contributed by atoms with Crippen LogP contribution >= 0.6 is 0 Å². The van der Waals surface area contributed by atoms with Crippen molar-refractivity contribution >= 4 is 12.1 Å². The fourth-order valence-electron chi connectivity index (χ4n) is 1.51. The molecule has 0 saturated heterocycles. The molecule has 0 heterocycles. The Morgan fingerprint density at radius 3 is 2.53 bits per heavy atom. The van der Waals surface area contributed by atoms with Gasteiger partial charge in [-0.3, -0.25) is 4.79 Å². The van der Waals surface area contributed by atoms with E-state index in [1.165, 1.54) is 7.11 Å². The Balaban J connectivity index is 2.35. The predicted molar refractivity (Wildman–Crippen MR) is 70.5 cm³/mol. The van der Waals surface area contributed by atoms with E-state index < -0.39 is 6.09 Å². The monoisotopic (exact) mass is 265 g/mol. The van der Waals surface area contributed by atoms with Crippen LogP contribution in [-0.4, -0.2) is 25.2 Å². The Morgan fingerprint density at radius 1 is 1.26 bits per heavy atom. The zero-order chi connectivity index (χ0) is 14.1. The van der Waals surface area contributed by atoms with E-state index in [0.717, 1.165) is 5.56 Å². The fraction of sp³-hybridized carbons (Fsp3) is 0.429. The third-order valence-electron chi connectivity index (χ3n) is 2.67. The van der Waals surface area contributed by atoms with Crippen LogP contribution in [0.3, 0.4) is 0 Å². The van der Waals surface area contributed by atoms with Crippen molar-refractivity contribution in [2.75, 3.05) is 7.11 Å². The fourth-order valence-corrected chi connectivity index (χ4v) is 1.51. The molecule has 5 heteroatoms. The molecule has 0 radical (unpaired) electrons. The highest BCUT2D eigenvalue weighted by Crippen LogP contribution is 2.03. The summed E-state index contributed by atoms with van der Waals surface area (Å²) in [6.45, 7) is 2.09. The molecule has 1 N–H and O–H groups in total. The summed E-state index contributed by atoms with van der Waals surface area (Å²) in [4.78, 5) is 22.7. The minimum Gasteiger partial charge on any atom is -0.469 e. The SMILES string of the molecule is CCC(CC(=O)OC)NC(=O)OCc1ccccc1. The largest absolute Gasteiger partial charge is 0.469 e. The first-order chi connectivity index (χ1) is 9.15. The van der Waals surface area contributed by atoms with Gasteiger partial charge in [0.15, 0.2) is 0 Å². The Bertz CT molecular complexity index is 405. The maximum atomic E-state index is 11.6. The van der Waals surface area contributed by atoms with E-state index in [1.54, 1.807) is 0 Å². The van der Waals surface area contributed by atoms with Gasteiger partial charge in [-0.15, -0.1) is 0 Å². The maximum absolute atomic E-state index is 11.6. The lowest BCUT2D eigenvalue weighted by Crippen LogP contribution is -2.36. The predicted octanol–water partition coefficient (Wildman–Crippen LogP) is 2.25. The minimum absolute atomic E-state index is 0.146. The molecule has 1 aromatic rings. The second-order valence-electron chi connectivity index (χ2n) is 4.09. The Labute approximate surface area is 112 Å². The number of benzene rings is 1. The average molecular weight is 265 g/mol. The molecular formula is C14H19NO4. The first-order valence-corrected chi connectivity index (χ1v) is 6.19. The topological polar surface area (TPSA) is 64.6 Å². The van der Waals surface area contributed by atoms with E-state index in [0.29, 0.717) is 6.42 Å². The first kappa shape index (κ1) is 15.0. The highest BCUT2D eigenvalue weighted by molar-refractivity contribution is 5.72. The van der Waals surface area contributed by atoms with Crippen LogP contribution < -0.4 is 5.32 Å². The summed E-state index contributed by atoms with van der Waals surface area (Å²) in [5.41, 5.74) is 0.915. The molecule has 0 aliphatic rings. The molecule has 0 aliphatic carbocycles. The van der Waals surface area contributed by atoms with Gasteiger partial charge in [0.25, 0.3) is 0 Å². The van der Waals surface area contributed by atoms with Gasteiger partial charge in [0.1, 0.15) is 6.61 Å². The molecule has 5 nitrogen and oxygen atoms in total. The van der Waals surface area contributed by atoms with Crippen molar-refractivity contribution < 1.29 is 19.1 Å². The molecule has 1 atom stereocenters. The molecule has 0 bridgehead atoms. The third kappa shape index (κ3) is 5.90. The van der Waals surface area contributed by atoms with Gasteiger partial charge in [0.2, 0.25) is 0 Å². The van der Waals surface area contributed by atoms with Gasteiger partial charge in [0, 0.05) is 6.04 Å². The number of amides is 1. The van der Waals surface area contributed by atoms with E-state index >= 15 is 0 Å². The number of carbonyl (C=O) groups is 2. The summed E-state index contributed by atoms with van der Waals surface area (Å²) < 4.78 is 9.64. The van der Waals surface area contributed by atoms with Crippen molar-refractivity contribution in [1.82, 2.24) is 5.32 Å². The Kier molecular flexibility index (Phi) is 6.43. The van der Waals surface area contributed by atoms with Crippen LogP contribution in [0.1, 0.15) is 25.3 Å². The molecule has 0 saturated carbocycles. The summed E-state index contributed by atoms with van der Waals surface area (Å²) in [5, 5.41) is 2.64. The van der Waals surface area contributed by atoms with E-state index in [-0.39, 0.29) is 25.0 Å². The number of ether oxygens (including phenoxy) is 2. The number of alkyl carbamates (subject to hydrolysis) is 1. The molecule has 1 aromatic carbocycles. The van der Waals surface area contributed by atoms with Crippen LogP contribution in [0, 0.1) is 0 Å². The smallest absolute Gasteiger partial charge is 0.407 e. The highest BCUT2D eigenvalue weighted by Gasteiger charge is 2.15. The van der Waals surface area contributed by atoms with Gasteiger partial charge in [-0.25, -0.2) is 4.79 Å². The van der Waals surface area contributed by atoms with E-state index in [9.17, 15) is 9.59 Å². The van der Waals surface area contributed by atoms with Gasteiger partial charge < -0.3 is 14.8 Å². The standard InChI is InChI=1S/C14H19NO4/c1-3-12(9-13(16)18-2)15-14(17)19-10-11-7-5-4-6-8-11/h4-8,12H,3,9-10H2,1-2H3,(H,15,17). The Hall–Kier alpha value is -2.04. The number of nitrogens with one attached hydrogen (secondary N) is 1. The molecule has 1 unspecified atom stereocenters. The number of hydrogen-bond donors (Lipinski definition) is 1. The molecule has 0 fully saturated rings. The molecular weight excluding hydrogens is 246 g/mol. The van der Waals surface area contributed by atoms with Gasteiger partial charge in [0.05, 0.1) is 13.5 Å². The van der Waals surface area contributed by atoms with Crippen LogP contribution in [0.5, 0.6) is 0 Å². The summed E-state index contributed by atoms with van der Waals surface area (Å²) in [7, 11) is 1.32. The zero-order valence-corrected chi connectivity index (χ0v) is 11.2. The van der Waals surface area contributed by atoms with Crippen molar-refractivity contribution in [2.45, 2.75) is 32.4 Å². The van der Waals surface area contributed by atoms with Crippen molar-refractivity contribution in [2.24, 2.45) is 0 Å². The number of hydrogen-bond acceptors (Lipinski definition) is 4. The van der Waals surface area contributed by atoms with Crippen molar-refractivity contribution in [1.29, 1.82) is 0 Å². The highest BCUT2D eigenvalue weighted by atomic mass is 16.5. The number of esters is 1. The minimum atomic E-state index is -0.528. The quantitative estimate of drug-likeness (QED) is 0.801. The average Bonchev–Trinajstić information content (AvgIpc) is 2.45. The van der Waals surface area contributed by atoms with Gasteiger partial charge in [-0.05, 0) is 12.0 Å². The van der Waals surface area contributed by atoms with Crippen molar-refractivity contribution in [3.63, 3.8) is 0 Å².